The normalized spacial score (nSPS) is 17.1. The number of carbonyl (C=O) groups excluding carboxylic acids is 1. The van der Waals surface area contributed by atoms with Crippen molar-refractivity contribution in [1.82, 2.24) is 10.2 Å². The second-order valence-electron chi connectivity index (χ2n) is 8.29. The second kappa shape index (κ2) is 11.7. The minimum atomic E-state index is -3.57. The Labute approximate surface area is 195 Å². The van der Waals surface area contributed by atoms with Crippen molar-refractivity contribution >= 4 is 33.0 Å². The average Bonchev–Trinajstić information content (AvgIpc) is 3.33. The molecule has 0 spiro atoms. The highest BCUT2D eigenvalue weighted by Gasteiger charge is 2.22. The zero-order valence-corrected chi connectivity index (χ0v) is 20.5. The van der Waals surface area contributed by atoms with Crippen molar-refractivity contribution in [2.75, 3.05) is 44.1 Å². The maximum atomic E-state index is 12.6. The number of hydrogen-bond acceptors (Lipinski definition) is 6. The van der Waals surface area contributed by atoms with Gasteiger partial charge in [-0.15, -0.1) is 11.3 Å². The van der Waals surface area contributed by atoms with Gasteiger partial charge in [0.05, 0.1) is 5.69 Å². The number of unbranched alkanes of at least 4 members (excludes halogenated alkanes) is 1. The van der Waals surface area contributed by atoms with E-state index in [9.17, 15) is 13.2 Å². The lowest BCUT2D eigenvalue weighted by Gasteiger charge is -2.30. The summed E-state index contributed by atoms with van der Waals surface area (Å²) in [5.41, 5.74) is 0.526. The number of nitrogens with zero attached hydrogens (tertiary/aromatic N) is 2. The fourth-order valence-electron chi connectivity index (χ4n) is 3.81. The van der Waals surface area contributed by atoms with Crippen molar-refractivity contribution in [3.63, 3.8) is 0 Å². The number of rotatable bonds is 11. The summed E-state index contributed by atoms with van der Waals surface area (Å²) in [4.78, 5) is 14.5. The number of piperidine rings is 1. The molecule has 0 aliphatic carbocycles. The Morgan fingerprint density at radius 1 is 1.25 bits per heavy atom. The van der Waals surface area contributed by atoms with E-state index in [1.807, 2.05) is 0 Å². The lowest BCUT2D eigenvalue weighted by atomic mass is 10.0. The number of thiophene rings is 1. The molecule has 9 heteroatoms. The van der Waals surface area contributed by atoms with Crippen LogP contribution in [0, 0.1) is 5.92 Å². The summed E-state index contributed by atoms with van der Waals surface area (Å²) in [6.07, 6.45) is 4.66. The molecule has 2 heterocycles. The number of sulfonamides is 1. The molecule has 0 saturated carbocycles. The number of benzene rings is 1. The van der Waals surface area contributed by atoms with E-state index in [2.05, 4.69) is 17.1 Å². The summed E-state index contributed by atoms with van der Waals surface area (Å²) in [6, 6.07) is 9.97. The molecule has 0 bridgehead atoms. The van der Waals surface area contributed by atoms with Crippen LogP contribution >= 0.6 is 11.3 Å². The molecule has 1 saturated heterocycles. The van der Waals surface area contributed by atoms with Gasteiger partial charge in [-0.1, -0.05) is 13.0 Å². The number of amides is 1. The predicted octanol–water partition coefficient (Wildman–Crippen LogP) is 3.58. The maximum absolute atomic E-state index is 12.6. The first kappa shape index (κ1) is 24.5. The Hall–Kier alpha value is -2.10. The lowest BCUT2D eigenvalue weighted by Crippen LogP contribution is -2.35. The Morgan fingerprint density at radius 2 is 2.03 bits per heavy atom. The van der Waals surface area contributed by atoms with Gasteiger partial charge < -0.3 is 15.0 Å². The van der Waals surface area contributed by atoms with Crippen molar-refractivity contribution < 1.29 is 17.9 Å². The van der Waals surface area contributed by atoms with Gasteiger partial charge in [0.25, 0.3) is 15.9 Å². The van der Waals surface area contributed by atoms with Crippen LogP contribution in [0.4, 0.5) is 5.69 Å². The third kappa shape index (κ3) is 6.95. The molecule has 176 valence electrons. The molecular formula is C23H33N3O4S2. The summed E-state index contributed by atoms with van der Waals surface area (Å²) >= 11 is 1.18. The molecule has 1 amide bonds. The molecule has 32 heavy (non-hydrogen) atoms. The molecule has 1 fully saturated rings. The molecule has 1 aliphatic rings. The van der Waals surface area contributed by atoms with E-state index < -0.39 is 10.0 Å². The number of ether oxygens (including phenoxy) is 1. The molecule has 1 unspecified atom stereocenters. The fourth-order valence-corrected chi connectivity index (χ4v) is 6.17. The van der Waals surface area contributed by atoms with Gasteiger partial charge in [0, 0.05) is 20.1 Å². The van der Waals surface area contributed by atoms with Crippen LogP contribution in [0.2, 0.25) is 0 Å². The number of carbonyl (C=O) groups is 1. The van der Waals surface area contributed by atoms with Crippen LogP contribution in [-0.2, 0) is 14.8 Å². The van der Waals surface area contributed by atoms with E-state index >= 15 is 0 Å². The average molecular weight is 480 g/mol. The summed E-state index contributed by atoms with van der Waals surface area (Å²) in [5.74, 6) is 1.16. The first-order valence-corrected chi connectivity index (χ1v) is 13.4. The zero-order chi connectivity index (χ0) is 23.0. The minimum absolute atomic E-state index is 0.0632. The van der Waals surface area contributed by atoms with E-state index in [4.69, 9.17) is 4.74 Å². The smallest absolute Gasteiger partial charge is 0.273 e. The Kier molecular flexibility index (Phi) is 8.95. The van der Waals surface area contributed by atoms with Gasteiger partial charge in [-0.2, -0.15) is 0 Å². The lowest BCUT2D eigenvalue weighted by molar-refractivity contribution is -0.123. The molecule has 3 rings (SSSR count). The van der Waals surface area contributed by atoms with Crippen molar-refractivity contribution in [3.8, 4) is 5.75 Å². The number of nitrogens with one attached hydrogen (secondary N) is 1. The molecule has 1 N–H and O–H groups in total. The standard InChI is InChI=1S/C23H33N3O4S2/c1-19-7-5-15-26(17-19)14-4-3-13-24-22(27)18-30-21-11-9-20(10-12-21)25(2)32(28,29)23-8-6-16-31-23/h6,8-12,16,19H,3-5,7,13-15,17-18H2,1-2H3,(H,24,27). The number of likely N-dealkylation sites (tertiary alicyclic amines) is 1. The van der Waals surface area contributed by atoms with E-state index in [-0.39, 0.29) is 12.5 Å². The highest BCUT2D eigenvalue weighted by Crippen LogP contribution is 2.26. The van der Waals surface area contributed by atoms with Gasteiger partial charge in [-0.25, -0.2) is 8.42 Å². The zero-order valence-electron chi connectivity index (χ0n) is 18.8. The third-order valence-corrected chi connectivity index (χ3v) is 8.80. The van der Waals surface area contributed by atoms with Crippen LogP contribution < -0.4 is 14.4 Å². The molecule has 2 aromatic rings. The summed E-state index contributed by atoms with van der Waals surface area (Å²) < 4.78 is 32.3. The molecule has 7 nitrogen and oxygen atoms in total. The first-order valence-electron chi connectivity index (χ1n) is 11.1. The summed E-state index contributed by atoms with van der Waals surface area (Å²) in [7, 11) is -2.05. The van der Waals surface area contributed by atoms with Crippen LogP contribution in [0.3, 0.4) is 0 Å². The van der Waals surface area contributed by atoms with E-state index in [1.165, 1.54) is 48.6 Å². The van der Waals surface area contributed by atoms with Crippen molar-refractivity contribution in [2.24, 2.45) is 5.92 Å². The van der Waals surface area contributed by atoms with Crippen LogP contribution in [0.5, 0.6) is 5.75 Å². The molecule has 1 aromatic heterocycles. The monoisotopic (exact) mass is 479 g/mol. The van der Waals surface area contributed by atoms with Gasteiger partial charge >= 0.3 is 0 Å². The molecule has 1 aromatic carbocycles. The first-order chi connectivity index (χ1) is 15.4. The Morgan fingerprint density at radius 3 is 2.72 bits per heavy atom. The number of anilines is 1. The van der Waals surface area contributed by atoms with Gasteiger partial charge in [0.1, 0.15) is 9.96 Å². The molecule has 1 atom stereocenters. The van der Waals surface area contributed by atoms with Gasteiger partial charge in [-0.05, 0) is 80.4 Å². The van der Waals surface area contributed by atoms with Crippen molar-refractivity contribution in [1.29, 1.82) is 0 Å². The van der Waals surface area contributed by atoms with Crippen LogP contribution in [0.15, 0.2) is 46.0 Å². The van der Waals surface area contributed by atoms with E-state index in [0.717, 1.165) is 25.3 Å². The van der Waals surface area contributed by atoms with Crippen molar-refractivity contribution in [2.45, 2.75) is 36.8 Å². The minimum Gasteiger partial charge on any atom is -0.484 e. The van der Waals surface area contributed by atoms with Crippen LogP contribution in [0.1, 0.15) is 32.6 Å². The molecule has 0 radical (unpaired) electrons. The van der Waals surface area contributed by atoms with Crippen LogP contribution in [-0.4, -0.2) is 59.1 Å². The summed E-state index contributed by atoms with van der Waals surface area (Å²) in [6.45, 7) is 6.38. The molecule has 1 aliphatic heterocycles. The van der Waals surface area contributed by atoms with Crippen LogP contribution in [0.25, 0.3) is 0 Å². The highest BCUT2D eigenvalue weighted by molar-refractivity contribution is 7.94. The Bertz CT molecular complexity index is 946. The second-order valence-corrected chi connectivity index (χ2v) is 11.4. The summed E-state index contributed by atoms with van der Waals surface area (Å²) in [5, 5.41) is 4.63. The largest absolute Gasteiger partial charge is 0.484 e. The van der Waals surface area contributed by atoms with E-state index in [1.54, 1.807) is 41.8 Å². The fraction of sp³-hybridized carbons (Fsp3) is 0.522. The van der Waals surface area contributed by atoms with Gasteiger partial charge in [0.15, 0.2) is 6.61 Å². The highest BCUT2D eigenvalue weighted by atomic mass is 32.2. The van der Waals surface area contributed by atoms with Crippen molar-refractivity contribution in [3.05, 3.63) is 41.8 Å². The van der Waals surface area contributed by atoms with E-state index in [0.29, 0.717) is 22.2 Å². The number of hydrogen-bond donors (Lipinski definition) is 1. The predicted molar refractivity (Wildman–Crippen MR) is 129 cm³/mol. The quantitative estimate of drug-likeness (QED) is 0.499. The topological polar surface area (TPSA) is 79.0 Å². The van der Waals surface area contributed by atoms with Gasteiger partial charge in [0.2, 0.25) is 0 Å². The molecular weight excluding hydrogens is 446 g/mol. The Balaban J connectivity index is 1.35. The SMILES string of the molecule is CC1CCCN(CCCCNC(=O)COc2ccc(N(C)S(=O)(=O)c3cccs3)cc2)C1. The third-order valence-electron chi connectivity index (χ3n) is 5.64. The van der Waals surface area contributed by atoms with Gasteiger partial charge in [-0.3, -0.25) is 9.10 Å². The maximum Gasteiger partial charge on any atom is 0.273 e.